The summed E-state index contributed by atoms with van der Waals surface area (Å²) in [6.45, 7) is 0.987. The molecule has 126 valence electrons. The summed E-state index contributed by atoms with van der Waals surface area (Å²) >= 11 is 12.8. The molecule has 0 fully saturated rings. The Morgan fingerprint density at radius 2 is 2.30 bits per heavy atom. The standard InChI is InChI=1S/C12H14Cl2N4O3S2/c1-21-6-10-15-12-7(3-2-4-18(12)16-10)17-23(19,20)8-5-9(13)22-11(8)14/h5,7,17H,2-4,6H2,1H3/t7-/m0/s1. The lowest BCUT2D eigenvalue weighted by Crippen LogP contribution is -2.33. The van der Waals surface area contributed by atoms with E-state index in [0.29, 0.717) is 29.0 Å². The number of fused-ring (bicyclic) bond motifs is 1. The number of rotatable bonds is 5. The van der Waals surface area contributed by atoms with Gasteiger partial charge in [-0.1, -0.05) is 23.2 Å². The molecule has 0 amide bonds. The average molecular weight is 397 g/mol. The maximum Gasteiger partial charge on any atom is 0.243 e. The van der Waals surface area contributed by atoms with E-state index in [2.05, 4.69) is 14.8 Å². The van der Waals surface area contributed by atoms with Crippen LogP contribution < -0.4 is 4.72 Å². The van der Waals surface area contributed by atoms with Crippen molar-refractivity contribution in [2.45, 2.75) is 36.9 Å². The fourth-order valence-corrected chi connectivity index (χ4v) is 5.84. The van der Waals surface area contributed by atoms with Crippen LogP contribution in [0.5, 0.6) is 0 Å². The van der Waals surface area contributed by atoms with Crippen molar-refractivity contribution in [1.29, 1.82) is 0 Å². The molecular weight excluding hydrogens is 383 g/mol. The van der Waals surface area contributed by atoms with E-state index < -0.39 is 16.1 Å². The topological polar surface area (TPSA) is 86.1 Å². The minimum Gasteiger partial charge on any atom is -0.377 e. The molecule has 3 rings (SSSR count). The molecule has 1 aliphatic heterocycles. The first-order chi connectivity index (χ1) is 10.9. The van der Waals surface area contributed by atoms with Gasteiger partial charge >= 0.3 is 0 Å². The van der Waals surface area contributed by atoms with Gasteiger partial charge < -0.3 is 4.74 Å². The minimum atomic E-state index is -3.78. The molecule has 3 heterocycles. The lowest BCUT2D eigenvalue weighted by atomic mass is 10.1. The van der Waals surface area contributed by atoms with Gasteiger partial charge in [0.2, 0.25) is 10.0 Å². The van der Waals surface area contributed by atoms with E-state index in [-0.39, 0.29) is 15.8 Å². The molecule has 1 N–H and O–H groups in total. The highest BCUT2D eigenvalue weighted by Crippen LogP contribution is 2.35. The van der Waals surface area contributed by atoms with E-state index in [1.165, 1.54) is 6.07 Å². The van der Waals surface area contributed by atoms with Crippen molar-refractivity contribution in [1.82, 2.24) is 19.5 Å². The predicted molar refractivity (Wildman–Crippen MR) is 87.4 cm³/mol. The molecule has 11 heteroatoms. The van der Waals surface area contributed by atoms with Gasteiger partial charge in [0.1, 0.15) is 21.7 Å². The maximum atomic E-state index is 12.5. The van der Waals surface area contributed by atoms with Gasteiger partial charge in [0.25, 0.3) is 0 Å². The normalized spacial score (nSPS) is 18.1. The molecule has 0 bridgehead atoms. The number of sulfonamides is 1. The summed E-state index contributed by atoms with van der Waals surface area (Å²) in [7, 11) is -2.23. The highest BCUT2D eigenvalue weighted by Gasteiger charge is 2.30. The van der Waals surface area contributed by atoms with Gasteiger partial charge in [0.15, 0.2) is 5.82 Å². The van der Waals surface area contributed by atoms with E-state index in [0.717, 1.165) is 17.8 Å². The third-order valence-corrected chi connectivity index (χ3v) is 6.63. The monoisotopic (exact) mass is 396 g/mol. The predicted octanol–water partition coefficient (Wildman–Crippen LogP) is 2.61. The first-order valence-electron chi connectivity index (χ1n) is 6.80. The third-order valence-electron chi connectivity index (χ3n) is 3.40. The number of hydrogen-bond donors (Lipinski definition) is 1. The number of methoxy groups -OCH3 is 1. The van der Waals surface area contributed by atoms with Crippen LogP contribution in [0.1, 0.15) is 30.5 Å². The van der Waals surface area contributed by atoms with Crippen molar-refractivity contribution in [3.8, 4) is 0 Å². The largest absolute Gasteiger partial charge is 0.377 e. The van der Waals surface area contributed by atoms with Gasteiger partial charge in [-0.25, -0.2) is 22.8 Å². The zero-order chi connectivity index (χ0) is 16.6. The van der Waals surface area contributed by atoms with Crippen LogP contribution in [0.2, 0.25) is 8.67 Å². The molecule has 0 radical (unpaired) electrons. The van der Waals surface area contributed by atoms with Crippen LogP contribution in [0.3, 0.4) is 0 Å². The van der Waals surface area contributed by atoms with Gasteiger partial charge in [-0.05, 0) is 18.9 Å². The summed E-state index contributed by atoms with van der Waals surface area (Å²) in [5, 5.41) is 4.32. The van der Waals surface area contributed by atoms with Crippen LogP contribution in [0.4, 0.5) is 0 Å². The first kappa shape index (κ1) is 17.1. The fourth-order valence-electron chi connectivity index (χ4n) is 2.46. The molecule has 0 saturated heterocycles. The second kappa shape index (κ2) is 6.66. The minimum absolute atomic E-state index is 0.0112. The average Bonchev–Trinajstić information content (AvgIpc) is 3.02. The SMILES string of the molecule is COCc1nc2n(n1)CCC[C@@H]2NS(=O)(=O)c1cc(Cl)sc1Cl. The Hall–Kier alpha value is -0.710. The molecule has 0 unspecified atom stereocenters. The third kappa shape index (κ3) is 3.54. The van der Waals surface area contributed by atoms with Crippen LogP contribution in [-0.4, -0.2) is 30.3 Å². The highest BCUT2D eigenvalue weighted by atomic mass is 35.5. The van der Waals surface area contributed by atoms with E-state index in [4.69, 9.17) is 27.9 Å². The van der Waals surface area contributed by atoms with E-state index in [1.54, 1.807) is 11.8 Å². The van der Waals surface area contributed by atoms with E-state index in [9.17, 15) is 8.42 Å². The zero-order valence-corrected chi connectivity index (χ0v) is 15.3. The van der Waals surface area contributed by atoms with Crippen LogP contribution in [0.25, 0.3) is 0 Å². The lowest BCUT2D eigenvalue weighted by molar-refractivity contribution is 0.177. The fraction of sp³-hybridized carbons (Fsp3) is 0.500. The van der Waals surface area contributed by atoms with Crippen LogP contribution in [0, 0.1) is 0 Å². The Morgan fingerprint density at radius 3 is 2.96 bits per heavy atom. The summed E-state index contributed by atoms with van der Waals surface area (Å²) in [6.07, 6.45) is 1.44. The van der Waals surface area contributed by atoms with Crippen molar-refractivity contribution in [3.63, 3.8) is 0 Å². The summed E-state index contributed by atoms with van der Waals surface area (Å²) < 4.78 is 34.9. The highest BCUT2D eigenvalue weighted by molar-refractivity contribution is 7.89. The molecule has 0 saturated carbocycles. The lowest BCUT2D eigenvalue weighted by Gasteiger charge is -2.22. The first-order valence-corrected chi connectivity index (χ1v) is 9.86. The summed E-state index contributed by atoms with van der Waals surface area (Å²) in [4.78, 5) is 4.36. The smallest absolute Gasteiger partial charge is 0.243 e. The van der Waals surface area contributed by atoms with Crippen LogP contribution in [0.15, 0.2) is 11.0 Å². The quantitative estimate of drug-likeness (QED) is 0.838. The Balaban J connectivity index is 1.88. The molecule has 1 atom stereocenters. The molecule has 2 aromatic heterocycles. The number of thiophene rings is 1. The maximum absolute atomic E-state index is 12.5. The van der Waals surface area contributed by atoms with Crippen molar-refractivity contribution < 1.29 is 13.2 Å². The zero-order valence-electron chi connectivity index (χ0n) is 12.1. The molecular formula is C12H14Cl2N4O3S2. The number of nitrogens with zero attached hydrogens (tertiary/aromatic N) is 3. The second-order valence-electron chi connectivity index (χ2n) is 5.05. The molecule has 1 aliphatic rings. The van der Waals surface area contributed by atoms with Crippen LogP contribution >= 0.6 is 34.5 Å². The van der Waals surface area contributed by atoms with Crippen molar-refractivity contribution in [3.05, 3.63) is 26.4 Å². The molecule has 0 aliphatic carbocycles. The van der Waals surface area contributed by atoms with Gasteiger partial charge in [0.05, 0.1) is 10.4 Å². The number of hydrogen-bond acceptors (Lipinski definition) is 6. The number of aryl methyl sites for hydroxylation is 1. The summed E-state index contributed by atoms with van der Waals surface area (Å²) in [6, 6.07) is 0.891. The molecule has 7 nitrogen and oxygen atoms in total. The van der Waals surface area contributed by atoms with Gasteiger partial charge in [-0.15, -0.1) is 11.3 Å². The van der Waals surface area contributed by atoms with Gasteiger partial charge in [-0.3, -0.25) is 0 Å². The van der Waals surface area contributed by atoms with Gasteiger partial charge in [-0.2, -0.15) is 5.10 Å². The summed E-state index contributed by atoms with van der Waals surface area (Å²) in [5.74, 6) is 1.12. The Labute approximate surface area is 147 Å². The van der Waals surface area contributed by atoms with Crippen molar-refractivity contribution in [2.24, 2.45) is 0 Å². The number of nitrogens with one attached hydrogen (secondary N) is 1. The Bertz CT molecular complexity index is 818. The number of aromatic nitrogens is 3. The number of halogens is 2. The summed E-state index contributed by atoms with van der Waals surface area (Å²) in [5.41, 5.74) is 0. The van der Waals surface area contributed by atoms with Crippen molar-refractivity contribution >= 4 is 44.6 Å². The molecule has 0 aromatic carbocycles. The van der Waals surface area contributed by atoms with E-state index >= 15 is 0 Å². The molecule has 23 heavy (non-hydrogen) atoms. The molecule has 0 spiro atoms. The van der Waals surface area contributed by atoms with Crippen molar-refractivity contribution in [2.75, 3.05) is 7.11 Å². The van der Waals surface area contributed by atoms with Crippen LogP contribution in [-0.2, 0) is 27.9 Å². The second-order valence-corrected chi connectivity index (χ2v) is 9.01. The van der Waals surface area contributed by atoms with E-state index in [1.807, 2.05) is 0 Å². The van der Waals surface area contributed by atoms with Gasteiger partial charge in [0, 0.05) is 13.7 Å². The Kier molecular flexibility index (Phi) is 4.96. The Morgan fingerprint density at radius 1 is 1.52 bits per heavy atom. The number of ether oxygens (including phenoxy) is 1. The molecule has 2 aromatic rings.